The Kier molecular flexibility index (Phi) is 8.01. The summed E-state index contributed by atoms with van der Waals surface area (Å²) < 4.78 is 79.6. The van der Waals surface area contributed by atoms with Gasteiger partial charge in [-0.1, -0.05) is 41.4 Å². The minimum absolute atomic E-state index is 0.117. The van der Waals surface area contributed by atoms with Crippen LogP contribution in [0.3, 0.4) is 0 Å². The van der Waals surface area contributed by atoms with Crippen LogP contribution in [0.5, 0.6) is 11.6 Å². The van der Waals surface area contributed by atoms with Crippen LogP contribution in [0, 0.1) is 13.8 Å². The monoisotopic (exact) mass is 543 g/mol. The molecule has 0 bridgehead atoms. The van der Waals surface area contributed by atoms with Crippen molar-refractivity contribution >= 4 is 23.6 Å². The number of carbonyl (C=O) groups excluding carboxylic acids is 2. The van der Waals surface area contributed by atoms with E-state index in [1.165, 1.54) is 25.1 Å². The first-order valence-electron chi connectivity index (χ1n) is 10.5. The number of halogens is 6. The van der Waals surface area contributed by atoms with E-state index in [2.05, 4.69) is 14.9 Å². The Hall–Kier alpha value is -3.80. The van der Waals surface area contributed by atoms with Gasteiger partial charge in [0.2, 0.25) is 0 Å². The lowest BCUT2D eigenvalue weighted by Crippen LogP contribution is -2.44. The van der Waals surface area contributed by atoms with E-state index in [1.54, 1.807) is 6.92 Å². The van der Waals surface area contributed by atoms with Gasteiger partial charge in [-0.2, -0.15) is 22.0 Å². The number of ether oxygens (including phenoxy) is 2. The molecule has 37 heavy (non-hydrogen) atoms. The molecule has 7 nitrogen and oxygen atoms in total. The molecule has 0 radical (unpaired) electrons. The molecule has 2 aromatic carbocycles. The fourth-order valence-electron chi connectivity index (χ4n) is 3.42. The number of methoxy groups -OCH3 is 1. The highest BCUT2D eigenvalue weighted by molar-refractivity contribution is 6.29. The van der Waals surface area contributed by atoms with Crippen LogP contribution in [0.4, 0.5) is 26.7 Å². The second kappa shape index (κ2) is 10.7. The van der Waals surface area contributed by atoms with Crippen molar-refractivity contribution in [3.8, 4) is 11.6 Å². The molecule has 0 aliphatic heterocycles. The highest BCUT2D eigenvalue weighted by Crippen LogP contribution is 2.35. The van der Waals surface area contributed by atoms with Gasteiger partial charge in [-0.3, -0.25) is 4.79 Å². The first-order chi connectivity index (χ1) is 17.2. The van der Waals surface area contributed by atoms with Gasteiger partial charge in [-0.15, -0.1) is 10.2 Å². The Morgan fingerprint density at radius 1 is 1.00 bits per heavy atom. The molecule has 0 N–H and O–H groups in total. The standard InChI is InChI=1S/C24H19ClF5N3O4/c1-13-7-8-18(14(2)9-13)23(26,27)12-33(22(35)36-3)21(34)17-11-19(25)31-32-20(17)37-16-6-4-5-15(10-16)24(28,29)30/h4-11H,12H2,1-3H3. The van der Waals surface area contributed by atoms with E-state index in [0.717, 1.165) is 36.9 Å². The number of imide groups is 1. The minimum atomic E-state index is -4.69. The second-order valence-corrected chi connectivity index (χ2v) is 8.28. The summed E-state index contributed by atoms with van der Waals surface area (Å²) in [5.41, 5.74) is -1.13. The SMILES string of the molecule is COC(=O)N(CC(F)(F)c1ccc(C)cc1C)C(=O)c1cc(Cl)nnc1Oc1cccc(C(F)(F)F)c1. The van der Waals surface area contributed by atoms with Crippen LogP contribution < -0.4 is 4.74 Å². The smallest absolute Gasteiger partial charge is 0.416 e. The predicted octanol–water partition coefficient (Wildman–Crippen LogP) is 6.56. The number of aryl methyl sites for hydroxylation is 2. The van der Waals surface area contributed by atoms with Crippen LogP contribution in [-0.2, 0) is 16.8 Å². The Bertz CT molecular complexity index is 1330. The summed E-state index contributed by atoms with van der Waals surface area (Å²) in [6.45, 7) is 1.74. The number of hydrogen-bond acceptors (Lipinski definition) is 6. The molecular formula is C24H19ClF5N3O4. The third-order valence-electron chi connectivity index (χ3n) is 5.11. The van der Waals surface area contributed by atoms with Crippen molar-refractivity contribution in [2.24, 2.45) is 0 Å². The van der Waals surface area contributed by atoms with E-state index in [-0.39, 0.29) is 21.4 Å². The molecule has 1 heterocycles. The Morgan fingerprint density at radius 2 is 1.70 bits per heavy atom. The number of nitrogens with zero attached hydrogens (tertiary/aromatic N) is 3. The maximum Gasteiger partial charge on any atom is 0.416 e. The van der Waals surface area contributed by atoms with Crippen LogP contribution in [0.25, 0.3) is 0 Å². The fraction of sp³-hybridized carbons (Fsp3) is 0.250. The summed E-state index contributed by atoms with van der Waals surface area (Å²) in [5, 5.41) is 6.68. The lowest BCUT2D eigenvalue weighted by Gasteiger charge is -2.26. The third-order valence-corrected chi connectivity index (χ3v) is 5.29. The molecule has 196 valence electrons. The molecule has 3 aromatic rings. The van der Waals surface area contributed by atoms with E-state index in [9.17, 15) is 22.8 Å². The molecule has 0 saturated carbocycles. The van der Waals surface area contributed by atoms with Crippen molar-refractivity contribution in [2.45, 2.75) is 25.9 Å². The molecule has 0 aliphatic rings. The summed E-state index contributed by atoms with van der Waals surface area (Å²) in [6.07, 6.45) is -6.11. The van der Waals surface area contributed by atoms with Crippen molar-refractivity contribution < 1.29 is 41.0 Å². The maximum atomic E-state index is 15.3. The molecule has 0 saturated heterocycles. The molecule has 3 rings (SSSR count). The topological polar surface area (TPSA) is 81.6 Å². The zero-order chi connectivity index (χ0) is 27.5. The average molecular weight is 544 g/mol. The summed E-state index contributed by atoms with van der Waals surface area (Å²) in [5.74, 6) is -6.10. The average Bonchev–Trinajstić information content (AvgIpc) is 2.82. The second-order valence-electron chi connectivity index (χ2n) is 7.90. The number of amides is 2. The zero-order valence-electron chi connectivity index (χ0n) is 19.6. The van der Waals surface area contributed by atoms with Crippen LogP contribution in [0.1, 0.15) is 32.6 Å². The zero-order valence-corrected chi connectivity index (χ0v) is 20.3. The molecule has 13 heteroatoms. The van der Waals surface area contributed by atoms with Crippen molar-refractivity contribution in [1.29, 1.82) is 0 Å². The highest BCUT2D eigenvalue weighted by atomic mass is 35.5. The van der Waals surface area contributed by atoms with Gasteiger partial charge in [0, 0.05) is 5.56 Å². The van der Waals surface area contributed by atoms with Gasteiger partial charge >= 0.3 is 12.3 Å². The van der Waals surface area contributed by atoms with Gasteiger partial charge in [0.05, 0.1) is 12.7 Å². The number of hydrogen-bond donors (Lipinski definition) is 0. The molecule has 1 aromatic heterocycles. The van der Waals surface area contributed by atoms with Crippen LogP contribution >= 0.6 is 11.6 Å². The Labute approximate surface area is 212 Å². The van der Waals surface area contributed by atoms with E-state index in [0.29, 0.717) is 6.07 Å². The first-order valence-corrected chi connectivity index (χ1v) is 10.8. The Balaban J connectivity index is 2.00. The summed E-state index contributed by atoms with van der Waals surface area (Å²) >= 11 is 5.82. The molecular weight excluding hydrogens is 525 g/mol. The lowest BCUT2D eigenvalue weighted by atomic mass is 10.00. The van der Waals surface area contributed by atoms with Crippen molar-refractivity contribution in [2.75, 3.05) is 13.7 Å². The van der Waals surface area contributed by atoms with Gasteiger partial charge in [0.25, 0.3) is 17.7 Å². The summed E-state index contributed by atoms with van der Waals surface area (Å²) in [6, 6.07) is 8.65. The van der Waals surface area contributed by atoms with Crippen molar-refractivity contribution in [1.82, 2.24) is 15.1 Å². The van der Waals surface area contributed by atoms with E-state index < -0.39 is 53.2 Å². The van der Waals surface area contributed by atoms with E-state index in [4.69, 9.17) is 16.3 Å². The largest absolute Gasteiger partial charge is 0.452 e. The van der Waals surface area contributed by atoms with Gasteiger partial charge in [0.15, 0.2) is 5.15 Å². The highest BCUT2D eigenvalue weighted by Gasteiger charge is 2.41. The van der Waals surface area contributed by atoms with Crippen molar-refractivity contribution in [3.05, 3.63) is 81.5 Å². The number of aromatic nitrogens is 2. The molecule has 0 unspecified atom stereocenters. The van der Waals surface area contributed by atoms with E-state index in [1.807, 2.05) is 0 Å². The lowest BCUT2D eigenvalue weighted by molar-refractivity contribution is -0.137. The number of rotatable bonds is 6. The van der Waals surface area contributed by atoms with Crippen LogP contribution in [-0.4, -0.2) is 40.8 Å². The minimum Gasteiger partial charge on any atom is -0.452 e. The molecule has 0 aliphatic carbocycles. The van der Waals surface area contributed by atoms with Crippen LogP contribution in [0.2, 0.25) is 5.15 Å². The number of benzene rings is 2. The normalized spacial score (nSPS) is 11.7. The third kappa shape index (κ3) is 6.50. The van der Waals surface area contributed by atoms with Gasteiger partial charge in [-0.25, -0.2) is 9.69 Å². The fourth-order valence-corrected chi connectivity index (χ4v) is 3.56. The first kappa shape index (κ1) is 27.8. The maximum absolute atomic E-state index is 15.3. The molecule has 0 spiro atoms. The quantitative estimate of drug-likeness (QED) is 0.328. The van der Waals surface area contributed by atoms with Gasteiger partial charge in [0.1, 0.15) is 17.9 Å². The van der Waals surface area contributed by atoms with Crippen molar-refractivity contribution in [3.63, 3.8) is 0 Å². The predicted molar refractivity (Wildman–Crippen MR) is 122 cm³/mol. The molecule has 0 fully saturated rings. The molecule has 0 atom stereocenters. The van der Waals surface area contributed by atoms with E-state index >= 15 is 8.78 Å². The molecule has 2 amide bonds. The summed E-state index contributed by atoms with van der Waals surface area (Å²) in [7, 11) is 0.885. The van der Waals surface area contributed by atoms with Crippen LogP contribution in [0.15, 0.2) is 48.5 Å². The summed E-state index contributed by atoms with van der Waals surface area (Å²) in [4.78, 5) is 25.8. The van der Waals surface area contributed by atoms with Gasteiger partial charge in [-0.05, 0) is 43.7 Å². The number of alkyl halides is 5. The number of carbonyl (C=O) groups is 2. The Morgan fingerprint density at radius 3 is 2.32 bits per heavy atom. The van der Waals surface area contributed by atoms with Gasteiger partial charge < -0.3 is 9.47 Å².